The molecule has 1 fully saturated rings. The zero-order chi connectivity index (χ0) is 15.4. The lowest BCUT2D eigenvalue weighted by molar-refractivity contribution is -0.384. The van der Waals surface area contributed by atoms with Gasteiger partial charge in [-0.25, -0.2) is 0 Å². The number of carboxylic acids is 1. The van der Waals surface area contributed by atoms with Gasteiger partial charge in [0.15, 0.2) is 0 Å². The average molecular weight is 294 g/mol. The zero-order valence-electron chi connectivity index (χ0n) is 11.8. The third-order valence-corrected chi connectivity index (χ3v) is 3.71. The molecule has 1 aromatic carbocycles. The van der Waals surface area contributed by atoms with Gasteiger partial charge in [0.25, 0.3) is 5.69 Å². The maximum atomic E-state index is 10.8. The minimum atomic E-state index is -0.871. The van der Waals surface area contributed by atoms with Crippen molar-refractivity contribution in [2.45, 2.75) is 25.5 Å². The summed E-state index contributed by atoms with van der Waals surface area (Å²) in [6, 6.07) is 6.52. The molecular weight excluding hydrogens is 276 g/mol. The molecule has 0 amide bonds. The van der Waals surface area contributed by atoms with Crippen LogP contribution in [-0.4, -0.2) is 46.7 Å². The Balaban J connectivity index is 2.03. The van der Waals surface area contributed by atoms with Crippen molar-refractivity contribution in [1.82, 2.24) is 4.90 Å². The normalized spacial score (nSPS) is 20.9. The van der Waals surface area contributed by atoms with E-state index in [9.17, 15) is 14.9 Å². The summed E-state index contributed by atoms with van der Waals surface area (Å²) in [4.78, 5) is 23.1. The van der Waals surface area contributed by atoms with Crippen LogP contribution in [0.15, 0.2) is 24.3 Å². The molecule has 7 nitrogen and oxygen atoms in total. The quantitative estimate of drug-likeness (QED) is 0.658. The number of nitrogens with zero attached hydrogens (tertiary/aromatic N) is 2. The monoisotopic (exact) mass is 294 g/mol. The Morgan fingerprint density at radius 2 is 2.19 bits per heavy atom. The molecule has 2 unspecified atom stereocenters. The summed E-state index contributed by atoms with van der Waals surface area (Å²) in [6.07, 6.45) is -0.319. The number of carboxylic acid groups (broad SMARTS) is 1. The number of benzene rings is 1. The fourth-order valence-electron chi connectivity index (χ4n) is 2.50. The highest BCUT2D eigenvalue weighted by Gasteiger charge is 2.26. The summed E-state index contributed by atoms with van der Waals surface area (Å²) >= 11 is 0. The molecule has 1 aromatic rings. The van der Waals surface area contributed by atoms with Crippen LogP contribution in [0.1, 0.15) is 24.9 Å². The van der Waals surface area contributed by atoms with Crippen molar-refractivity contribution in [2.75, 3.05) is 19.7 Å². The van der Waals surface area contributed by atoms with E-state index in [1.807, 2.05) is 6.92 Å². The van der Waals surface area contributed by atoms with Gasteiger partial charge in [-0.2, -0.15) is 0 Å². The smallest absolute Gasteiger partial charge is 0.306 e. The zero-order valence-corrected chi connectivity index (χ0v) is 11.8. The SMILES string of the molecule is CC(c1ccc([N+](=O)[O-])cc1)N1CCOC(CC(=O)O)C1. The predicted molar refractivity (Wildman–Crippen MR) is 75.1 cm³/mol. The van der Waals surface area contributed by atoms with E-state index >= 15 is 0 Å². The first kappa shape index (κ1) is 15.4. The van der Waals surface area contributed by atoms with Crippen LogP contribution in [0, 0.1) is 10.1 Å². The Morgan fingerprint density at radius 3 is 2.76 bits per heavy atom. The van der Waals surface area contributed by atoms with Gasteiger partial charge in [0.05, 0.1) is 24.1 Å². The molecule has 2 rings (SSSR count). The summed E-state index contributed by atoms with van der Waals surface area (Å²) in [5.74, 6) is -0.871. The van der Waals surface area contributed by atoms with Crippen molar-refractivity contribution in [1.29, 1.82) is 0 Å². The van der Waals surface area contributed by atoms with Crippen LogP contribution in [0.4, 0.5) is 5.69 Å². The Bertz CT molecular complexity index is 517. The topological polar surface area (TPSA) is 92.9 Å². The van der Waals surface area contributed by atoms with Gasteiger partial charge in [-0.1, -0.05) is 12.1 Å². The van der Waals surface area contributed by atoms with Gasteiger partial charge in [0.1, 0.15) is 0 Å². The lowest BCUT2D eigenvalue weighted by Crippen LogP contribution is -2.44. The second-order valence-corrected chi connectivity index (χ2v) is 5.11. The lowest BCUT2D eigenvalue weighted by Gasteiger charge is -2.36. The maximum absolute atomic E-state index is 10.8. The Hall–Kier alpha value is -1.99. The summed E-state index contributed by atoms with van der Waals surface area (Å²) in [5, 5.41) is 19.5. The van der Waals surface area contributed by atoms with E-state index in [1.165, 1.54) is 12.1 Å². The summed E-state index contributed by atoms with van der Waals surface area (Å²) in [7, 11) is 0. The van der Waals surface area contributed by atoms with Gasteiger partial charge >= 0.3 is 5.97 Å². The fraction of sp³-hybridized carbons (Fsp3) is 0.500. The second kappa shape index (κ2) is 6.64. The average Bonchev–Trinajstić information content (AvgIpc) is 2.46. The van der Waals surface area contributed by atoms with Crippen molar-refractivity contribution in [3.05, 3.63) is 39.9 Å². The molecule has 0 aromatic heterocycles. The van der Waals surface area contributed by atoms with Crippen LogP contribution in [0.3, 0.4) is 0 Å². The fourth-order valence-corrected chi connectivity index (χ4v) is 2.50. The molecule has 0 saturated carbocycles. The van der Waals surface area contributed by atoms with Crippen LogP contribution in [0.25, 0.3) is 0 Å². The molecule has 0 aliphatic carbocycles. The van der Waals surface area contributed by atoms with Crippen LogP contribution < -0.4 is 0 Å². The molecule has 1 aliphatic rings. The highest BCUT2D eigenvalue weighted by Crippen LogP contribution is 2.25. The molecule has 1 N–H and O–H groups in total. The predicted octanol–water partition coefficient (Wildman–Crippen LogP) is 1.83. The molecule has 114 valence electrons. The largest absolute Gasteiger partial charge is 0.481 e. The van der Waals surface area contributed by atoms with Crippen molar-refractivity contribution in [3.8, 4) is 0 Å². The van der Waals surface area contributed by atoms with Crippen molar-refractivity contribution in [2.24, 2.45) is 0 Å². The van der Waals surface area contributed by atoms with Gasteiger partial charge in [0.2, 0.25) is 0 Å². The molecule has 0 spiro atoms. The van der Waals surface area contributed by atoms with E-state index in [-0.39, 0.29) is 24.3 Å². The Morgan fingerprint density at radius 1 is 1.52 bits per heavy atom. The summed E-state index contributed by atoms with van der Waals surface area (Å²) < 4.78 is 5.44. The molecule has 7 heteroatoms. The summed E-state index contributed by atoms with van der Waals surface area (Å²) in [6.45, 7) is 3.76. The van der Waals surface area contributed by atoms with Gasteiger partial charge < -0.3 is 9.84 Å². The molecule has 21 heavy (non-hydrogen) atoms. The molecule has 1 heterocycles. The molecule has 1 aliphatic heterocycles. The first-order chi connectivity index (χ1) is 9.97. The number of ether oxygens (including phenoxy) is 1. The van der Waals surface area contributed by atoms with Gasteiger partial charge in [-0.15, -0.1) is 0 Å². The number of nitro groups is 1. The lowest BCUT2D eigenvalue weighted by atomic mass is 10.0. The molecule has 0 radical (unpaired) electrons. The van der Waals surface area contributed by atoms with Crippen molar-refractivity contribution < 1.29 is 19.6 Å². The second-order valence-electron chi connectivity index (χ2n) is 5.11. The van der Waals surface area contributed by atoms with Crippen LogP contribution >= 0.6 is 0 Å². The van der Waals surface area contributed by atoms with Crippen molar-refractivity contribution in [3.63, 3.8) is 0 Å². The van der Waals surface area contributed by atoms with E-state index in [0.29, 0.717) is 19.7 Å². The number of hydrogen-bond acceptors (Lipinski definition) is 5. The first-order valence-electron chi connectivity index (χ1n) is 6.79. The molecule has 0 bridgehead atoms. The Labute approximate surface area is 122 Å². The molecular formula is C14H18N2O5. The van der Waals surface area contributed by atoms with E-state index < -0.39 is 10.9 Å². The van der Waals surface area contributed by atoms with Crippen LogP contribution in [0.5, 0.6) is 0 Å². The number of morpholine rings is 1. The van der Waals surface area contributed by atoms with E-state index in [2.05, 4.69) is 4.90 Å². The number of aliphatic carboxylic acids is 1. The standard InChI is InChI=1S/C14H18N2O5/c1-10(11-2-4-12(5-3-11)16(19)20)15-6-7-21-13(9-15)8-14(17)18/h2-5,10,13H,6-9H2,1H3,(H,17,18). The van der Waals surface area contributed by atoms with Gasteiger partial charge in [-0.05, 0) is 12.5 Å². The van der Waals surface area contributed by atoms with E-state index in [4.69, 9.17) is 9.84 Å². The summed E-state index contributed by atoms with van der Waals surface area (Å²) in [5.41, 5.74) is 1.04. The number of non-ortho nitro benzene ring substituents is 1. The highest BCUT2D eigenvalue weighted by molar-refractivity contribution is 5.67. The van der Waals surface area contributed by atoms with Crippen LogP contribution in [-0.2, 0) is 9.53 Å². The first-order valence-corrected chi connectivity index (χ1v) is 6.79. The van der Waals surface area contributed by atoms with Gasteiger partial charge in [-0.3, -0.25) is 19.8 Å². The maximum Gasteiger partial charge on any atom is 0.306 e. The molecule has 1 saturated heterocycles. The third kappa shape index (κ3) is 3.99. The number of hydrogen-bond donors (Lipinski definition) is 1. The van der Waals surface area contributed by atoms with Gasteiger partial charge in [0, 0.05) is 31.3 Å². The van der Waals surface area contributed by atoms with E-state index in [1.54, 1.807) is 12.1 Å². The number of nitro benzene ring substituents is 1. The minimum Gasteiger partial charge on any atom is -0.481 e. The van der Waals surface area contributed by atoms with Crippen LogP contribution in [0.2, 0.25) is 0 Å². The number of carbonyl (C=O) groups is 1. The number of rotatable bonds is 5. The third-order valence-electron chi connectivity index (χ3n) is 3.71. The van der Waals surface area contributed by atoms with Crippen molar-refractivity contribution >= 4 is 11.7 Å². The molecule has 2 atom stereocenters. The minimum absolute atomic E-state index is 0.0104. The highest BCUT2D eigenvalue weighted by atomic mass is 16.6. The van der Waals surface area contributed by atoms with E-state index in [0.717, 1.165) is 5.56 Å². The Kier molecular flexibility index (Phi) is 4.87.